The van der Waals surface area contributed by atoms with Crippen LogP contribution in [0.25, 0.3) is 0 Å². The molecule has 0 aliphatic carbocycles. The zero-order chi connectivity index (χ0) is 15.9. The average molecular weight is 313 g/mol. The topological polar surface area (TPSA) is 45.6 Å². The molecule has 0 atom stereocenters. The minimum Gasteiger partial charge on any atom is -0.457 e. The van der Waals surface area contributed by atoms with Crippen LogP contribution in [0.4, 0.5) is 4.39 Å². The number of guanidine groups is 1. The summed E-state index contributed by atoms with van der Waals surface area (Å²) >= 11 is 0. The van der Waals surface area contributed by atoms with Crippen LogP contribution in [-0.4, -0.2) is 25.6 Å². The number of halogens is 1. The maximum Gasteiger partial charge on any atom is 0.191 e. The van der Waals surface area contributed by atoms with Gasteiger partial charge in [0.2, 0.25) is 0 Å². The van der Waals surface area contributed by atoms with Crippen molar-refractivity contribution in [2.45, 2.75) is 12.8 Å². The van der Waals surface area contributed by atoms with E-state index < -0.39 is 0 Å². The summed E-state index contributed by atoms with van der Waals surface area (Å²) in [5.41, 5.74) is 1.22. The lowest BCUT2D eigenvalue weighted by atomic mass is 10.1. The van der Waals surface area contributed by atoms with Gasteiger partial charge in [0.1, 0.15) is 17.3 Å². The number of benzene rings is 2. The van der Waals surface area contributed by atoms with Gasteiger partial charge in [0.15, 0.2) is 5.96 Å². The van der Waals surface area contributed by atoms with Crippen LogP contribution in [-0.2, 0) is 6.42 Å². The van der Waals surface area contributed by atoms with E-state index in [1.54, 1.807) is 12.1 Å². The van der Waals surface area contributed by atoms with Gasteiger partial charge < -0.3 is 15.4 Å². The first-order valence-corrected chi connectivity index (χ1v) is 7.84. The Labute approximate surface area is 135 Å². The number of rotatable bonds is 5. The lowest BCUT2D eigenvalue weighted by Crippen LogP contribution is -2.41. The summed E-state index contributed by atoms with van der Waals surface area (Å²) in [5.74, 6) is 2.00. The van der Waals surface area contributed by atoms with Crippen molar-refractivity contribution in [3.05, 3.63) is 59.9 Å². The van der Waals surface area contributed by atoms with E-state index >= 15 is 0 Å². The molecule has 120 valence electrons. The lowest BCUT2D eigenvalue weighted by molar-refractivity contribution is 0.480. The number of aliphatic imine (C=N–C) groups is 1. The van der Waals surface area contributed by atoms with Crippen molar-refractivity contribution in [1.82, 2.24) is 10.6 Å². The third kappa shape index (κ3) is 4.71. The van der Waals surface area contributed by atoms with Crippen LogP contribution in [0.5, 0.6) is 11.5 Å². The molecule has 0 saturated heterocycles. The van der Waals surface area contributed by atoms with E-state index in [1.807, 2.05) is 24.3 Å². The highest BCUT2D eigenvalue weighted by atomic mass is 19.1. The third-order valence-electron chi connectivity index (χ3n) is 3.58. The number of hydrogen-bond donors (Lipinski definition) is 2. The first-order valence-electron chi connectivity index (χ1n) is 7.84. The van der Waals surface area contributed by atoms with Crippen molar-refractivity contribution < 1.29 is 9.13 Å². The van der Waals surface area contributed by atoms with Crippen LogP contribution < -0.4 is 15.4 Å². The van der Waals surface area contributed by atoms with E-state index in [9.17, 15) is 4.39 Å². The molecular formula is C18H20FN3O. The highest BCUT2D eigenvalue weighted by Crippen LogP contribution is 2.21. The molecule has 1 heterocycles. The number of nitrogens with one attached hydrogen (secondary N) is 2. The molecule has 5 heteroatoms. The molecule has 0 radical (unpaired) electrons. The summed E-state index contributed by atoms with van der Waals surface area (Å²) in [6.45, 7) is 2.72. The Kier molecular flexibility index (Phi) is 5.09. The van der Waals surface area contributed by atoms with Crippen LogP contribution in [0, 0.1) is 5.82 Å². The highest BCUT2D eigenvalue weighted by Gasteiger charge is 2.03. The number of ether oxygens (including phenoxy) is 1. The minimum atomic E-state index is -0.266. The summed E-state index contributed by atoms with van der Waals surface area (Å²) in [7, 11) is 0. The van der Waals surface area contributed by atoms with Gasteiger partial charge in [-0.05, 0) is 54.8 Å². The molecule has 0 fully saturated rings. The maximum absolute atomic E-state index is 12.9. The molecule has 0 unspecified atom stereocenters. The Balaban J connectivity index is 1.48. The fourth-order valence-electron chi connectivity index (χ4n) is 2.34. The molecule has 0 bridgehead atoms. The standard InChI is InChI=1S/C18H20FN3O/c19-15-4-8-17(9-5-15)23-16-6-2-14(3-7-16)10-13-22-18-20-11-1-12-21-18/h2-9H,1,10-13H2,(H2,20,21,22). The Morgan fingerprint density at radius 3 is 2.39 bits per heavy atom. The monoisotopic (exact) mass is 313 g/mol. The van der Waals surface area contributed by atoms with Crippen molar-refractivity contribution >= 4 is 5.96 Å². The summed E-state index contributed by atoms with van der Waals surface area (Å²) in [6, 6.07) is 13.9. The van der Waals surface area contributed by atoms with Crippen molar-refractivity contribution in [3.63, 3.8) is 0 Å². The zero-order valence-corrected chi connectivity index (χ0v) is 12.9. The molecule has 2 aromatic carbocycles. The van der Waals surface area contributed by atoms with Gasteiger partial charge in [-0.1, -0.05) is 12.1 Å². The first kappa shape index (κ1) is 15.3. The fourth-order valence-corrected chi connectivity index (χ4v) is 2.34. The Bertz CT molecular complexity index is 653. The largest absolute Gasteiger partial charge is 0.457 e. The summed E-state index contributed by atoms with van der Waals surface area (Å²) < 4.78 is 18.5. The van der Waals surface area contributed by atoms with Crippen LogP contribution in [0.2, 0.25) is 0 Å². The van der Waals surface area contributed by atoms with Gasteiger partial charge in [-0.25, -0.2) is 4.39 Å². The molecule has 0 aromatic heterocycles. The van der Waals surface area contributed by atoms with E-state index in [0.29, 0.717) is 5.75 Å². The van der Waals surface area contributed by atoms with Gasteiger partial charge in [-0.2, -0.15) is 0 Å². The maximum atomic E-state index is 12.9. The molecule has 4 nitrogen and oxygen atoms in total. The normalized spacial score (nSPS) is 13.9. The molecule has 23 heavy (non-hydrogen) atoms. The van der Waals surface area contributed by atoms with E-state index in [0.717, 1.165) is 44.2 Å². The lowest BCUT2D eigenvalue weighted by Gasteiger charge is -2.15. The Morgan fingerprint density at radius 1 is 1.04 bits per heavy atom. The zero-order valence-electron chi connectivity index (χ0n) is 12.9. The second-order valence-corrected chi connectivity index (χ2v) is 5.39. The van der Waals surface area contributed by atoms with Gasteiger partial charge in [0, 0.05) is 19.6 Å². The molecule has 3 rings (SSSR count). The number of nitrogens with zero attached hydrogens (tertiary/aromatic N) is 1. The summed E-state index contributed by atoms with van der Waals surface area (Å²) in [4.78, 5) is 4.38. The van der Waals surface area contributed by atoms with Crippen LogP contribution in [0.15, 0.2) is 53.5 Å². The van der Waals surface area contributed by atoms with E-state index in [4.69, 9.17) is 4.74 Å². The predicted octanol–water partition coefficient (Wildman–Crippen LogP) is 3.10. The van der Waals surface area contributed by atoms with Crippen LogP contribution >= 0.6 is 0 Å². The van der Waals surface area contributed by atoms with Crippen molar-refractivity contribution in [1.29, 1.82) is 0 Å². The molecule has 0 amide bonds. The van der Waals surface area contributed by atoms with E-state index in [2.05, 4.69) is 15.6 Å². The minimum absolute atomic E-state index is 0.266. The molecular weight excluding hydrogens is 293 g/mol. The second-order valence-electron chi connectivity index (χ2n) is 5.39. The van der Waals surface area contributed by atoms with Crippen LogP contribution in [0.1, 0.15) is 12.0 Å². The summed E-state index contributed by atoms with van der Waals surface area (Å²) in [5, 5.41) is 6.54. The smallest absolute Gasteiger partial charge is 0.191 e. The Hall–Kier alpha value is -2.56. The van der Waals surface area contributed by atoms with Crippen LogP contribution in [0.3, 0.4) is 0 Å². The molecule has 2 N–H and O–H groups in total. The predicted molar refractivity (Wildman–Crippen MR) is 89.5 cm³/mol. The SMILES string of the molecule is Fc1ccc(Oc2ccc(CCNC3=NCCCN3)cc2)cc1. The second kappa shape index (κ2) is 7.63. The molecule has 1 aliphatic rings. The molecule has 1 aliphatic heterocycles. The van der Waals surface area contributed by atoms with Gasteiger partial charge in [0.25, 0.3) is 0 Å². The van der Waals surface area contributed by atoms with E-state index in [1.165, 1.54) is 17.7 Å². The number of hydrogen-bond acceptors (Lipinski definition) is 4. The van der Waals surface area contributed by atoms with Crippen molar-refractivity contribution in [3.8, 4) is 11.5 Å². The quantitative estimate of drug-likeness (QED) is 0.891. The molecule has 2 aromatic rings. The molecule has 0 saturated carbocycles. The van der Waals surface area contributed by atoms with Gasteiger partial charge >= 0.3 is 0 Å². The van der Waals surface area contributed by atoms with E-state index in [-0.39, 0.29) is 5.82 Å². The van der Waals surface area contributed by atoms with Gasteiger partial charge in [-0.15, -0.1) is 0 Å². The fraction of sp³-hybridized carbons (Fsp3) is 0.278. The highest BCUT2D eigenvalue weighted by molar-refractivity contribution is 5.80. The van der Waals surface area contributed by atoms with Crippen molar-refractivity contribution in [2.24, 2.45) is 4.99 Å². The Morgan fingerprint density at radius 2 is 1.74 bits per heavy atom. The average Bonchev–Trinajstić information content (AvgIpc) is 2.59. The first-order chi connectivity index (χ1) is 11.3. The van der Waals surface area contributed by atoms with Crippen molar-refractivity contribution in [2.75, 3.05) is 19.6 Å². The van der Waals surface area contributed by atoms with Gasteiger partial charge in [0.05, 0.1) is 0 Å². The van der Waals surface area contributed by atoms with Gasteiger partial charge in [-0.3, -0.25) is 4.99 Å². The third-order valence-corrected chi connectivity index (χ3v) is 3.58. The summed E-state index contributed by atoms with van der Waals surface area (Å²) in [6.07, 6.45) is 2.01. The molecule has 0 spiro atoms.